The quantitative estimate of drug-likeness (QED) is 0.285. The molecule has 2 bridgehead atoms. The second-order valence-electron chi connectivity index (χ2n) is 13.3. The van der Waals surface area contributed by atoms with Gasteiger partial charge in [-0.25, -0.2) is 4.68 Å². The number of para-hydroxylation sites is 1. The Labute approximate surface area is 275 Å². The van der Waals surface area contributed by atoms with Gasteiger partial charge in [-0.15, -0.1) is 18.3 Å². The molecular formula is C36H44N6O5. The summed E-state index contributed by atoms with van der Waals surface area (Å²) in [7, 11) is 0. The van der Waals surface area contributed by atoms with Crippen LogP contribution >= 0.6 is 0 Å². The minimum absolute atomic E-state index is 0.0694. The number of hydrogen-bond donors (Lipinski definition) is 1. The lowest BCUT2D eigenvalue weighted by atomic mass is 9.62. The van der Waals surface area contributed by atoms with Gasteiger partial charge in [0.15, 0.2) is 0 Å². The maximum Gasteiger partial charge on any atom is 0.250 e. The zero-order valence-corrected chi connectivity index (χ0v) is 27.4. The second-order valence-corrected chi connectivity index (χ2v) is 13.3. The molecule has 6 rings (SSSR count). The average molecular weight is 641 g/mol. The number of rotatable bonds is 13. The fourth-order valence-corrected chi connectivity index (χ4v) is 8.26. The van der Waals surface area contributed by atoms with Gasteiger partial charge in [0, 0.05) is 19.6 Å². The van der Waals surface area contributed by atoms with Crippen LogP contribution in [0.25, 0.3) is 11.0 Å². The van der Waals surface area contributed by atoms with Crippen molar-refractivity contribution in [1.29, 1.82) is 0 Å². The summed E-state index contributed by atoms with van der Waals surface area (Å²) >= 11 is 0. The van der Waals surface area contributed by atoms with Crippen LogP contribution in [0.1, 0.15) is 39.2 Å². The number of aromatic nitrogens is 3. The molecule has 1 N–H and O–H groups in total. The Balaban J connectivity index is 1.42. The van der Waals surface area contributed by atoms with E-state index in [9.17, 15) is 19.5 Å². The Kier molecular flexibility index (Phi) is 8.80. The molecule has 0 radical (unpaired) electrons. The van der Waals surface area contributed by atoms with Gasteiger partial charge in [0.2, 0.25) is 17.7 Å². The normalized spacial score (nSPS) is 28.3. The van der Waals surface area contributed by atoms with Gasteiger partial charge in [0.1, 0.15) is 23.8 Å². The van der Waals surface area contributed by atoms with E-state index in [-0.39, 0.29) is 43.5 Å². The molecule has 2 aromatic carbocycles. The number of amides is 3. The van der Waals surface area contributed by atoms with Crippen molar-refractivity contribution in [3.05, 3.63) is 85.5 Å². The summed E-state index contributed by atoms with van der Waals surface area (Å²) in [6, 6.07) is 15.5. The Hall–Kier alpha value is -4.35. The van der Waals surface area contributed by atoms with Crippen molar-refractivity contribution >= 4 is 28.8 Å². The van der Waals surface area contributed by atoms with Crippen molar-refractivity contribution in [2.45, 2.75) is 70.1 Å². The summed E-state index contributed by atoms with van der Waals surface area (Å²) in [5.74, 6) is -2.73. The zero-order chi connectivity index (χ0) is 33.5. The van der Waals surface area contributed by atoms with Crippen LogP contribution in [0.3, 0.4) is 0 Å². The molecule has 1 aromatic heterocycles. The van der Waals surface area contributed by atoms with E-state index in [0.717, 1.165) is 11.1 Å². The minimum Gasteiger partial charge on any atom is -0.394 e. The van der Waals surface area contributed by atoms with E-state index in [1.165, 1.54) is 4.90 Å². The summed E-state index contributed by atoms with van der Waals surface area (Å²) < 4.78 is 8.63. The van der Waals surface area contributed by atoms with Crippen LogP contribution in [-0.2, 0) is 32.3 Å². The predicted octanol–water partition coefficient (Wildman–Crippen LogP) is 3.40. The first-order valence-electron chi connectivity index (χ1n) is 16.4. The molecule has 3 fully saturated rings. The number of carbonyl (C=O) groups is 3. The summed E-state index contributed by atoms with van der Waals surface area (Å²) in [4.78, 5) is 49.2. The molecule has 7 atom stereocenters. The minimum atomic E-state index is -1.26. The predicted molar refractivity (Wildman–Crippen MR) is 176 cm³/mol. The lowest BCUT2D eigenvalue weighted by molar-refractivity contribution is -0.158. The van der Waals surface area contributed by atoms with Crippen LogP contribution in [0, 0.1) is 17.8 Å². The Bertz CT molecular complexity index is 1670. The third-order valence-electron chi connectivity index (χ3n) is 10.6. The average Bonchev–Trinajstić information content (AvgIpc) is 3.74. The van der Waals surface area contributed by atoms with Crippen LogP contribution in [0.5, 0.6) is 0 Å². The van der Waals surface area contributed by atoms with Gasteiger partial charge in [-0.05, 0) is 43.4 Å². The monoisotopic (exact) mass is 640 g/mol. The highest BCUT2D eigenvalue weighted by Gasteiger charge is 2.80. The molecule has 3 unspecified atom stereocenters. The molecule has 248 valence electrons. The fourth-order valence-electron chi connectivity index (χ4n) is 8.26. The maximum atomic E-state index is 14.9. The Morgan fingerprint density at radius 1 is 1.09 bits per heavy atom. The third-order valence-corrected chi connectivity index (χ3v) is 10.6. The molecule has 11 heteroatoms. The summed E-state index contributed by atoms with van der Waals surface area (Å²) in [6.45, 7) is 14.2. The number of aliphatic hydroxyl groups excluding tert-OH is 1. The van der Waals surface area contributed by atoms with E-state index < -0.39 is 35.1 Å². The number of hydrogen-bond acceptors (Lipinski definition) is 7. The molecule has 3 saturated heterocycles. The summed E-state index contributed by atoms with van der Waals surface area (Å²) in [6.07, 6.45) is 4.17. The molecule has 0 saturated carbocycles. The van der Waals surface area contributed by atoms with E-state index in [1.807, 2.05) is 75.4 Å². The van der Waals surface area contributed by atoms with Gasteiger partial charge in [-0.1, -0.05) is 73.7 Å². The van der Waals surface area contributed by atoms with Crippen LogP contribution in [0.4, 0.5) is 0 Å². The molecular weight excluding hydrogens is 596 g/mol. The van der Waals surface area contributed by atoms with Gasteiger partial charge in [-0.2, -0.15) is 0 Å². The van der Waals surface area contributed by atoms with Crippen LogP contribution < -0.4 is 0 Å². The van der Waals surface area contributed by atoms with Crippen LogP contribution in [0.2, 0.25) is 0 Å². The Morgan fingerprint density at radius 2 is 1.77 bits per heavy atom. The first-order valence-corrected chi connectivity index (χ1v) is 16.4. The van der Waals surface area contributed by atoms with Crippen molar-refractivity contribution < 1.29 is 24.2 Å². The zero-order valence-electron chi connectivity index (χ0n) is 27.4. The van der Waals surface area contributed by atoms with Crippen LogP contribution in [-0.4, -0.2) is 95.5 Å². The van der Waals surface area contributed by atoms with E-state index in [1.54, 1.807) is 26.6 Å². The number of carbonyl (C=O) groups excluding carboxylic acids is 3. The molecule has 47 heavy (non-hydrogen) atoms. The number of aliphatic hydroxyl groups is 1. The molecule has 3 aliphatic heterocycles. The molecule has 1 spiro atoms. The molecule has 11 nitrogen and oxygen atoms in total. The van der Waals surface area contributed by atoms with Crippen molar-refractivity contribution in [1.82, 2.24) is 29.7 Å². The highest BCUT2D eigenvalue weighted by Crippen LogP contribution is 2.66. The van der Waals surface area contributed by atoms with E-state index in [2.05, 4.69) is 23.5 Å². The third kappa shape index (κ3) is 5.16. The van der Waals surface area contributed by atoms with E-state index in [4.69, 9.17) is 4.74 Å². The standard InChI is InChI=1S/C36H44N6O5/c1-6-18-39(21-25-14-10-9-11-15-25)32(44)29-30-33(45)42(26(8-3)22-43)31(36(30)20-24(4)35(29,5)47-36)34(46)40(19-7-2)23-41-28-17-13-12-16-27(28)37-38-41/h6-7,9-17,24,26,29-31,43H,1-2,8,18-23H2,3-5H3/t24?,26-,29-,30-,31?,35+,36?/m0/s1. The highest BCUT2D eigenvalue weighted by atomic mass is 16.5. The first-order chi connectivity index (χ1) is 22.6. The smallest absolute Gasteiger partial charge is 0.250 e. The van der Waals surface area contributed by atoms with Crippen LogP contribution in [0.15, 0.2) is 79.9 Å². The van der Waals surface area contributed by atoms with Gasteiger partial charge < -0.3 is 24.5 Å². The molecule has 4 heterocycles. The molecule has 3 aliphatic rings. The van der Waals surface area contributed by atoms with Crippen molar-refractivity contribution in [2.75, 3.05) is 19.7 Å². The first kappa shape index (κ1) is 32.6. The molecule has 0 aliphatic carbocycles. The van der Waals surface area contributed by atoms with Crippen molar-refractivity contribution in [3.63, 3.8) is 0 Å². The summed E-state index contributed by atoms with van der Waals surface area (Å²) in [5, 5.41) is 19.1. The number of ether oxygens (including phenoxy) is 1. The van der Waals surface area contributed by atoms with E-state index in [0.29, 0.717) is 31.4 Å². The number of likely N-dealkylation sites (tertiary alicyclic amines) is 1. The Morgan fingerprint density at radius 3 is 2.45 bits per heavy atom. The number of benzene rings is 2. The largest absolute Gasteiger partial charge is 0.394 e. The van der Waals surface area contributed by atoms with Gasteiger partial charge >= 0.3 is 0 Å². The lowest BCUT2D eigenvalue weighted by Crippen LogP contribution is -2.59. The lowest BCUT2D eigenvalue weighted by Gasteiger charge is -2.39. The maximum absolute atomic E-state index is 14.9. The number of nitrogens with zero attached hydrogens (tertiary/aromatic N) is 6. The molecule has 3 amide bonds. The summed E-state index contributed by atoms with van der Waals surface area (Å²) in [5.41, 5.74) is 0.171. The van der Waals surface area contributed by atoms with Crippen molar-refractivity contribution in [3.8, 4) is 0 Å². The number of fused-ring (bicyclic) bond motifs is 2. The molecule has 3 aromatic rings. The van der Waals surface area contributed by atoms with Gasteiger partial charge in [0.25, 0.3) is 0 Å². The van der Waals surface area contributed by atoms with Gasteiger partial charge in [0.05, 0.1) is 35.6 Å². The SMILES string of the molecule is C=CCN(Cn1nnc2ccccc21)C(=O)C1N([C@@H](CC)CO)C(=O)[C@@H]2[C@@H](C(=O)N(CC=C)Cc3ccccc3)[C@]3(C)OC12CC3C. The van der Waals surface area contributed by atoms with Gasteiger partial charge in [-0.3, -0.25) is 14.4 Å². The van der Waals surface area contributed by atoms with E-state index >= 15 is 0 Å². The fraction of sp³-hybridized carbons (Fsp3) is 0.472. The second kappa shape index (κ2) is 12.7. The highest BCUT2D eigenvalue weighted by molar-refractivity contribution is 5.99. The topological polar surface area (TPSA) is 121 Å². The van der Waals surface area contributed by atoms with Crippen molar-refractivity contribution in [2.24, 2.45) is 17.8 Å².